The fraction of sp³-hybridized carbons (Fsp3) is 0.600. The van der Waals surface area contributed by atoms with E-state index in [1.54, 1.807) is 5.57 Å². The minimum absolute atomic E-state index is 0.565. The number of hydrogen-bond donors (Lipinski definition) is 0. The molecular formula is C20H28N2. The molecule has 5 rings (SSSR count). The van der Waals surface area contributed by atoms with Crippen LogP contribution in [0.15, 0.2) is 42.0 Å². The van der Waals surface area contributed by atoms with Gasteiger partial charge < -0.3 is 4.90 Å². The van der Waals surface area contributed by atoms with Crippen LogP contribution in [0.1, 0.15) is 26.7 Å². The van der Waals surface area contributed by atoms with Crippen molar-refractivity contribution >= 4 is 5.69 Å². The van der Waals surface area contributed by atoms with E-state index in [2.05, 4.69) is 60.1 Å². The molecule has 0 unspecified atom stereocenters. The summed E-state index contributed by atoms with van der Waals surface area (Å²) in [6.07, 6.45) is 5.33. The normalized spacial score (nSPS) is 30.6. The Kier molecular flexibility index (Phi) is 3.53. The topological polar surface area (TPSA) is 6.48 Å². The first-order valence-electron chi connectivity index (χ1n) is 8.86. The number of fused-ring (bicyclic) bond motifs is 1. The van der Waals surface area contributed by atoms with Gasteiger partial charge in [-0.1, -0.05) is 43.7 Å². The molecule has 0 radical (unpaired) electrons. The second kappa shape index (κ2) is 5.42. The van der Waals surface area contributed by atoms with Crippen molar-refractivity contribution in [2.75, 3.05) is 37.6 Å². The summed E-state index contributed by atoms with van der Waals surface area (Å²) >= 11 is 0. The van der Waals surface area contributed by atoms with Crippen LogP contribution >= 0.6 is 0 Å². The van der Waals surface area contributed by atoms with Crippen LogP contribution in [0, 0.1) is 17.3 Å². The van der Waals surface area contributed by atoms with E-state index >= 15 is 0 Å². The average molecular weight is 296 g/mol. The summed E-state index contributed by atoms with van der Waals surface area (Å²) in [5.41, 5.74) is 3.68. The van der Waals surface area contributed by atoms with Crippen molar-refractivity contribution in [3.63, 3.8) is 0 Å². The minimum Gasteiger partial charge on any atom is -0.369 e. The highest BCUT2D eigenvalue weighted by molar-refractivity contribution is 5.46. The van der Waals surface area contributed by atoms with Crippen LogP contribution in [0.25, 0.3) is 0 Å². The summed E-state index contributed by atoms with van der Waals surface area (Å²) in [4.78, 5) is 5.19. The third kappa shape index (κ3) is 2.38. The lowest BCUT2D eigenvalue weighted by Crippen LogP contribution is -2.52. The monoisotopic (exact) mass is 296 g/mol. The fourth-order valence-corrected chi connectivity index (χ4v) is 4.72. The third-order valence-electron chi connectivity index (χ3n) is 6.48. The van der Waals surface area contributed by atoms with Crippen molar-refractivity contribution in [1.29, 1.82) is 0 Å². The van der Waals surface area contributed by atoms with Crippen molar-refractivity contribution in [2.24, 2.45) is 17.3 Å². The summed E-state index contributed by atoms with van der Waals surface area (Å²) in [5.74, 6) is 1.81. The molecule has 1 heterocycles. The molecule has 2 nitrogen and oxygen atoms in total. The first-order chi connectivity index (χ1) is 10.6. The number of benzene rings is 1. The molecule has 1 saturated heterocycles. The van der Waals surface area contributed by atoms with E-state index in [0.717, 1.165) is 24.9 Å². The maximum absolute atomic E-state index is 2.67. The highest BCUT2D eigenvalue weighted by atomic mass is 15.3. The van der Waals surface area contributed by atoms with Gasteiger partial charge in [0.05, 0.1) is 0 Å². The molecule has 0 N–H and O–H groups in total. The molecule has 1 saturated carbocycles. The lowest BCUT2D eigenvalue weighted by molar-refractivity contribution is -0.0107. The quantitative estimate of drug-likeness (QED) is 0.783. The summed E-state index contributed by atoms with van der Waals surface area (Å²) in [5, 5.41) is 0. The van der Waals surface area contributed by atoms with E-state index in [4.69, 9.17) is 0 Å². The number of rotatable bonds is 3. The van der Waals surface area contributed by atoms with Gasteiger partial charge in [-0.25, -0.2) is 0 Å². The Balaban J connectivity index is 1.34. The Labute approximate surface area is 134 Å². The van der Waals surface area contributed by atoms with E-state index in [0.29, 0.717) is 5.41 Å². The van der Waals surface area contributed by atoms with Gasteiger partial charge in [-0.15, -0.1) is 0 Å². The van der Waals surface area contributed by atoms with Crippen molar-refractivity contribution in [1.82, 2.24) is 4.90 Å². The largest absolute Gasteiger partial charge is 0.369 e. The molecule has 2 bridgehead atoms. The smallest absolute Gasteiger partial charge is 0.0367 e. The van der Waals surface area contributed by atoms with Crippen molar-refractivity contribution in [3.05, 3.63) is 42.0 Å². The molecule has 1 aromatic rings. The van der Waals surface area contributed by atoms with Crippen molar-refractivity contribution in [3.8, 4) is 0 Å². The van der Waals surface area contributed by atoms with Gasteiger partial charge in [0.15, 0.2) is 0 Å². The molecular weight excluding hydrogens is 268 g/mol. The van der Waals surface area contributed by atoms with Crippen LogP contribution in [-0.4, -0.2) is 37.6 Å². The van der Waals surface area contributed by atoms with Crippen LogP contribution in [0.2, 0.25) is 0 Å². The Bertz CT molecular complexity index is 552. The summed E-state index contributed by atoms with van der Waals surface area (Å²) < 4.78 is 0. The molecule has 1 aliphatic heterocycles. The zero-order chi connectivity index (χ0) is 15.2. The lowest BCUT2D eigenvalue weighted by atomic mass is 9.49. The number of nitrogens with zero attached hydrogens (tertiary/aromatic N) is 2. The first-order valence-corrected chi connectivity index (χ1v) is 8.86. The Morgan fingerprint density at radius 2 is 1.77 bits per heavy atom. The molecule has 1 aromatic carbocycles. The molecule has 2 heteroatoms. The zero-order valence-corrected chi connectivity index (χ0v) is 14.0. The van der Waals surface area contributed by atoms with Gasteiger partial charge in [-0.3, -0.25) is 4.90 Å². The molecule has 0 amide bonds. The van der Waals surface area contributed by atoms with Gasteiger partial charge >= 0.3 is 0 Å². The van der Waals surface area contributed by atoms with E-state index in [1.807, 2.05) is 0 Å². The van der Waals surface area contributed by atoms with Gasteiger partial charge in [0.1, 0.15) is 0 Å². The first kappa shape index (κ1) is 14.3. The second-order valence-electron chi connectivity index (χ2n) is 7.92. The van der Waals surface area contributed by atoms with E-state index in [9.17, 15) is 0 Å². The number of para-hydroxylation sites is 1. The highest BCUT2D eigenvalue weighted by Gasteiger charge is 2.51. The van der Waals surface area contributed by atoms with Gasteiger partial charge in [-0.2, -0.15) is 0 Å². The number of allylic oxidation sites excluding steroid dienone is 1. The number of hydrogen-bond acceptors (Lipinski definition) is 2. The van der Waals surface area contributed by atoms with Gasteiger partial charge in [0.2, 0.25) is 0 Å². The molecule has 118 valence electrons. The van der Waals surface area contributed by atoms with E-state index in [-0.39, 0.29) is 0 Å². The van der Waals surface area contributed by atoms with E-state index < -0.39 is 0 Å². The van der Waals surface area contributed by atoms with Crippen LogP contribution < -0.4 is 4.90 Å². The SMILES string of the molecule is CC1(C)[C@H]2CC=C(CN3CCN(c4ccccc4)CC3)[C@H]1C2. The van der Waals surface area contributed by atoms with Crippen LogP contribution in [0.3, 0.4) is 0 Å². The summed E-state index contributed by atoms with van der Waals surface area (Å²) in [6.45, 7) is 10.9. The van der Waals surface area contributed by atoms with Gasteiger partial charge in [0.25, 0.3) is 0 Å². The second-order valence-corrected chi connectivity index (χ2v) is 7.92. The van der Waals surface area contributed by atoms with Crippen molar-refractivity contribution < 1.29 is 0 Å². The summed E-state index contributed by atoms with van der Waals surface area (Å²) in [6, 6.07) is 10.9. The standard InChI is InChI=1S/C20H28N2/c1-20(2)17-9-8-16(19(20)14-17)15-21-10-12-22(13-11-21)18-6-4-3-5-7-18/h3-8,17,19H,9-15H2,1-2H3/t17-,19+/m0/s1. The van der Waals surface area contributed by atoms with Crippen LogP contribution in [0.4, 0.5) is 5.69 Å². The Morgan fingerprint density at radius 3 is 2.41 bits per heavy atom. The highest BCUT2D eigenvalue weighted by Crippen LogP contribution is 2.59. The van der Waals surface area contributed by atoms with Crippen molar-refractivity contribution in [2.45, 2.75) is 26.7 Å². The number of anilines is 1. The Morgan fingerprint density at radius 1 is 1.05 bits per heavy atom. The predicted octanol–water partition coefficient (Wildman–Crippen LogP) is 3.80. The van der Waals surface area contributed by atoms with Gasteiger partial charge in [0, 0.05) is 38.4 Å². The molecule has 0 aromatic heterocycles. The van der Waals surface area contributed by atoms with Gasteiger partial charge in [-0.05, 0) is 42.2 Å². The molecule has 4 aliphatic rings. The maximum atomic E-state index is 2.67. The third-order valence-corrected chi connectivity index (χ3v) is 6.48. The zero-order valence-electron chi connectivity index (χ0n) is 14.0. The Hall–Kier alpha value is -1.28. The van der Waals surface area contributed by atoms with E-state index in [1.165, 1.54) is 38.2 Å². The maximum Gasteiger partial charge on any atom is 0.0367 e. The molecule has 3 aliphatic carbocycles. The summed E-state index contributed by atoms with van der Waals surface area (Å²) in [7, 11) is 0. The number of piperazine rings is 1. The molecule has 2 atom stereocenters. The molecule has 22 heavy (non-hydrogen) atoms. The molecule has 0 spiro atoms. The minimum atomic E-state index is 0.565. The van der Waals surface area contributed by atoms with Crippen LogP contribution in [0.5, 0.6) is 0 Å². The predicted molar refractivity (Wildman–Crippen MR) is 93.2 cm³/mol. The fourth-order valence-electron chi connectivity index (χ4n) is 4.72. The lowest BCUT2D eigenvalue weighted by Gasteiger charge is -2.57. The van der Waals surface area contributed by atoms with Crippen LogP contribution in [-0.2, 0) is 0 Å². The molecule has 2 fully saturated rings. The average Bonchev–Trinajstić information content (AvgIpc) is 2.56.